The van der Waals surface area contributed by atoms with E-state index in [2.05, 4.69) is 264 Å². The molecule has 0 fully saturated rings. The lowest BCUT2D eigenvalue weighted by Gasteiger charge is -2.35. The van der Waals surface area contributed by atoms with E-state index in [1.165, 1.54) is 86.6 Å². The molecule has 0 aliphatic rings. The van der Waals surface area contributed by atoms with Crippen LogP contribution in [0.15, 0.2) is 255 Å². The average Bonchev–Trinajstić information content (AvgIpc) is 3.89. The summed E-state index contributed by atoms with van der Waals surface area (Å²) in [6, 6.07) is 94.3. The predicted octanol–water partition coefficient (Wildman–Crippen LogP) is 12.6. The van der Waals surface area contributed by atoms with Crippen molar-refractivity contribution >= 4 is 72.4 Å². The summed E-state index contributed by atoms with van der Waals surface area (Å²) in [4.78, 5) is 0. The van der Waals surface area contributed by atoms with E-state index in [0.29, 0.717) is 0 Å². The molecule has 0 saturated heterocycles. The second-order valence-corrected chi connectivity index (χ2v) is 20.2. The van der Waals surface area contributed by atoms with Crippen molar-refractivity contribution in [3.05, 3.63) is 255 Å². The normalized spacial score (nSPS) is 11.8. The smallest absolute Gasteiger partial charge is 0.181 e. The van der Waals surface area contributed by atoms with Crippen LogP contribution in [0.3, 0.4) is 0 Å². The summed E-state index contributed by atoms with van der Waals surface area (Å²) in [6.07, 6.45) is 0. The molecule has 0 amide bonds. The third kappa shape index (κ3) is 5.85. The molecule has 0 saturated carbocycles. The van der Waals surface area contributed by atoms with E-state index in [9.17, 15) is 0 Å². The van der Waals surface area contributed by atoms with E-state index in [4.69, 9.17) is 0 Å². The van der Waals surface area contributed by atoms with Gasteiger partial charge in [-0.15, -0.1) is 0 Å². The third-order valence-corrected chi connectivity index (χ3v) is 17.9. The Hall–Kier alpha value is -7.98. The molecule has 0 radical (unpaired) electrons. The van der Waals surface area contributed by atoms with Gasteiger partial charge >= 0.3 is 0 Å². The Morgan fingerprint density at radius 1 is 0.286 bits per heavy atom. The van der Waals surface area contributed by atoms with E-state index in [0.717, 1.165) is 11.4 Å². The highest BCUT2D eigenvalue weighted by Gasteiger charge is 2.43. The molecule has 0 atom stereocenters. The molecule has 0 aliphatic carbocycles. The highest BCUT2D eigenvalue weighted by atomic mass is 28.3. The Labute approximate surface area is 368 Å². The van der Waals surface area contributed by atoms with E-state index >= 15 is 0 Å². The molecule has 2 nitrogen and oxygen atoms in total. The van der Waals surface area contributed by atoms with Crippen molar-refractivity contribution in [2.75, 3.05) is 0 Å². The summed E-state index contributed by atoms with van der Waals surface area (Å²) in [5, 5.41) is 10.4. The summed E-state index contributed by atoms with van der Waals surface area (Å²) >= 11 is 0. The Bertz CT molecular complexity index is 3500. The van der Waals surface area contributed by atoms with Crippen molar-refractivity contribution in [3.63, 3.8) is 0 Å². The molecule has 63 heavy (non-hydrogen) atoms. The van der Waals surface area contributed by atoms with Crippen LogP contribution < -0.4 is 20.7 Å². The first kappa shape index (κ1) is 36.8. The molecule has 2 aromatic heterocycles. The van der Waals surface area contributed by atoms with Gasteiger partial charge in [0.25, 0.3) is 0 Å². The lowest BCUT2D eigenvalue weighted by Crippen LogP contribution is -2.75. The fourth-order valence-corrected chi connectivity index (χ4v) is 15.4. The van der Waals surface area contributed by atoms with E-state index in [1.54, 1.807) is 0 Å². The number of nitrogens with zero attached hydrogens (tertiary/aromatic N) is 2. The van der Waals surface area contributed by atoms with Gasteiger partial charge in [-0.05, 0) is 85.5 Å². The van der Waals surface area contributed by atoms with Gasteiger partial charge in [0.1, 0.15) is 0 Å². The summed E-state index contributed by atoms with van der Waals surface area (Å²) in [7, 11) is -2.98. The van der Waals surface area contributed by atoms with Crippen molar-refractivity contribution in [1.82, 2.24) is 9.13 Å². The minimum Gasteiger partial charge on any atom is -0.309 e. The second-order valence-electron chi connectivity index (χ2n) is 16.4. The van der Waals surface area contributed by atoms with E-state index in [1.807, 2.05) is 0 Å². The van der Waals surface area contributed by atoms with Crippen molar-refractivity contribution in [1.29, 1.82) is 0 Å². The zero-order chi connectivity index (χ0) is 41.7. The van der Waals surface area contributed by atoms with Gasteiger partial charge in [-0.3, -0.25) is 0 Å². The number of para-hydroxylation sites is 2. The van der Waals surface area contributed by atoms with Gasteiger partial charge < -0.3 is 9.13 Å². The van der Waals surface area contributed by atoms with Crippen LogP contribution in [-0.4, -0.2) is 17.2 Å². The van der Waals surface area contributed by atoms with Gasteiger partial charge in [0.15, 0.2) is 8.07 Å². The topological polar surface area (TPSA) is 9.86 Å². The molecule has 3 heteroatoms. The molecule has 0 aliphatic heterocycles. The van der Waals surface area contributed by atoms with Gasteiger partial charge in [-0.25, -0.2) is 0 Å². The SMILES string of the molecule is c1ccc(-c2cccc(-n3c4ccccc4c4cc(-n5c6cccc(-c7ccccc7)c6c6cccc([Si](c7ccccc7)(c7ccccc7)c7ccccc7)c65)ccc43)c2)cc1. The molecule has 0 unspecified atom stereocenters. The maximum absolute atomic E-state index is 2.98. The molecule has 0 spiro atoms. The molecule has 10 aromatic carbocycles. The Morgan fingerprint density at radius 2 is 0.778 bits per heavy atom. The fraction of sp³-hybridized carbons (Fsp3) is 0. The minimum absolute atomic E-state index is 1.14. The fourth-order valence-electron chi connectivity index (χ4n) is 10.4. The lowest BCUT2D eigenvalue weighted by molar-refractivity contribution is 1.17. The monoisotopic (exact) mass is 818 g/mol. The van der Waals surface area contributed by atoms with Crippen LogP contribution >= 0.6 is 0 Å². The highest BCUT2D eigenvalue weighted by molar-refractivity contribution is 7.20. The number of benzene rings is 10. The minimum atomic E-state index is -2.98. The predicted molar refractivity (Wildman–Crippen MR) is 270 cm³/mol. The zero-order valence-corrected chi connectivity index (χ0v) is 35.6. The van der Waals surface area contributed by atoms with Gasteiger partial charge in [-0.1, -0.05) is 212 Å². The largest absolute Gasteiger partial charge is 0.309 e. The first-order valence-electron chi connectivity index (χ1n) is 21.8. The number of hydrogen-bond acceptors (Lipinski definition) is 0. The lowest BCUT2D eigenvalue weighted by atomic mass is 9.99. The molecule has 296 valence electrons. The number of aromatic nitrogens is 2. The second kappa shape index (κ2) is 15.2. The Morgan fingerprint density at radius 3 is 1.44 bits per heavy atom. The number of hydrogen-bond donors (Lipinski definition) is 0. The standard InChI is InChI=1S/C60H42N2Si/c1-6-21-43(22-7-1)45-25-18-26-46(41-45)61-55-36-17-16-33-52(55)54-42-47(39-40-56(54)61)62-57-37-19-34-51(44-23-8-2-9-24-44)59(57)53-35-20-38-58(60(53)62)63(48-27-10-3-11-28-48,49-29-12-4-13-30-49)50-31-14-5-15-32-50/h1-42H. The van der Waals surface area contributed by atoms with Crippen LogP contribution in [0.1, 0.15) is 0 Å². The van der Waals surface area contributed by atoms with Gasteiger partial charge in [0.05, 0.1) is 22.1 Å². The molecule has 12 rings (SSSR count). The number of fused-ring (bicyclic) bond motifs is 6. The molecular weight excluding hydrogens is 777 g/mol. The zero-order valence-electron chi connectivity index (χ0n) is 34.6. The van der Waals surface area contributed by atoms with Crippen molar-refractivity contribution < 1.29 is 0 Å². The molecule has 2 heterocycles. The van der Waals surface area contributed by atoms with E-state index < -0.39 is 8.07 Å². The highest BCUT2D eigenvalue weighted by Crippen LogP contribution is 2.41. The Balaban J connectivity index is 1.21. The summed E-state index contributed by atoms with van der Waals surface area (Å²) in [6.45, 7) is 0. The van der Waals surface area contributed by atoms with Crippen LogP contribution in [0, 0.1) is 0 Å². The third-order valence-electron chi connectivity index (χ3n) is 13.0. The quantitative estimate of drug-likeness (QED) is 0.107. The Kier molecular flexibility index (Phi) is 8.87. The van der Waals surface area contributed by atoms with Crippen LogP contribution in [0.5, 0.6) is 0 Å². The summed E-state index contributed by atoms with van der Waals surface area (Å²) in [5.74, 6) is 0. The van der Waals surface area contributed by atoms with Gasteiger partial charge in [-0.2, -0.15) is 0 Å². The van der Waals surface area contributed by atoms with Crippen molar-refractivity contribution in [2.45, 2.75) is 0 Å². The molecular formula is C60H42N2Si. The average molecular weight is 819 g/mol. The summed E-state index contributed by atoms with van der Waals surface area (Å²) in [5.41, 5.74) is 11.9. The van der Waals surface area contributed by atoms with Gasteiger partial charge in [0.2, 0.25) is 0 Å². The number of rotatable bonds is 8. The maximum Gasteiger partial charge on any atom is 0.181 e. The first-order valence-corrected chi connectivity index (χ1v) is 23.8. The van der Waals surface area contributed by atoms with Crippen LogP contribution in [-0.2, 0) is 0 Å². The van der Waals surface area contributed by atoms with Gasteiger partial charge in [0, 0.05) is 32.9 Å². The molecule has 12 aromatic rings. The maximum atomic E-state index is 2.59. The van der Waals surface area contributed by atoms with Crippen LogP contribution in [0.4, 0.5) is 0 Å². The molecule has 0 bridgehead atoms. The summed E-state index contributed by atoms with van der Waals surface area (Å²) < 4.78 is 5.02. The van der Waals surface area contributed by atoms with Crippen molar-refractivity contribution in [2.24, 2.45) is 0 Å². The molecule has 0 N–H and O–H groups in total. The first-order chi connectivity index (χ1) is 31.3. The van der Waals surface area contributed by atoms with Crippen molar-refractivity contribution in [3.8, 4) is 33.6 Å². The van der Waals surface area contributed by atoms with E-state index in [-0.39, 0.29) is 0 Å². The van der Waals surface area contributed by atoms with Crippen LogP contribution in [0.2, 0.25) is 0 Å². The van der Waals surface area contributed by atoms with Crippen LogP contribution in [0.25, 0.3) is 77.2 Å².